The zero-order valence-corrected chi connectivity index (χ0v) is 13.8. The van der Waals surface area contributed by atoms with Crippen LogP contribution < -0.4 is 10.2 Å². The standard InChI is InChI=1S/C17H19ClN4O/c1-13-2-3-16(15(18)12-13)20-17(23)22-10-8-21(9-11-22)14-4-6-19-7-5-14/h2-7,12H,8-11H2,1H3,(H,20,23). The highest BCUT2D eigenvalue weighted by molar-refractivity contribution is 6.33. The minimum absolute atomic E-state index is 0.106. The van der Waals surface area contributed by atoms with Gasteiger partial charge in [0.2, 0.25) is 0 Å². The Labute approximate surface area is 140 Å². The van der Waals surface area contributed by atoms with E-state index in [1.807, 2.05) is 42.2 Å². The number of nitrogens with zero attached hydrogens (tertiary/aromatic N) is 3. The van der Waals surface area contributed by atoms with Gasteiger partial charge < -0.3 is 15.1 Å². The monoisotopic (exact) mass is 330 g/mol. The van der Waals surface area contributed by atoms with Crippen molar-refractivity contribution in [2.24, 2.45) is 0 Å². The van der Waals surface area contributed by atoms with Crippen LogP contribution in [0.3, 0.4) is 0 Å². The smallest absolute Gasteiger partial charge is 0.322 e. The first-order valence-corrected chi connectivity index (χ1v) is 7.98. The van der Waals surface area contributed by atoms with Crippen LogP contribution in [0.1, 0.15) is 5.56 Å². The van der Waals surface area contributed by atoms with E-state index in [1.165, 1.54) is 0 Å². The van der Waals surface area contributed by atoms with E-state index in [4.69, 9.17) is 11.6 Å². The second-order valence-electron chi connectivity index (χ2n) is 5.59. The fraction of sp³-hybridized carbons (Fsp3) is 0.294. The summed E-state index contributed by atoms with van der Waals surface area (Å²) in [6.07, 6.45) is 3.57. The summed E-state index contributed by atoms with van der Waals surface area (Å²) in [5.74, 6) is 0. The van der Waals surface area contributed by atoms with Crippen LogP contribution >= 0.6 is 11.6 Å². The van der Waals surface area contributed by atoms with Crippen molar-refractivity contribution in [3.63, 3.8) is 0 Å². The summed E-state index contributed by atoms with van der Waals surface area (Å²) in [6, 6.07) is 9.48. The molecule has 1 aromatic heterocycles. The molecule has 1 saturated heterocycles. The molecule has 3 rings (SSSR count). The van der Waals surface area contributed by atoms with Gasteiger partial charge in [0.15, 0.2) is 0 Å². The zero-order valence-electron chi connectivity index (χ0n) is 13.0. The summed E-state index contributed by atoms with van der Waals surface area (Å²) < 4.78 is 0. The molecular formula is C17H19ClN4O. The summed E-state index contributed by atoms with van der Waals surface area (Å²) in [7, 11) is 0. The lowest BCUT2D eigenvalue weighted by molar-refractivity contribution is 0.208. The van der Waals surface area contributed by atoms with Crippen LogP contribution in [-0.4, -0.2) is 42.1 Å². The van der Waals surface area contributed by atoms with Crippen LogP contribution in [0.25, 0.3) is 0 Å². The number of carbonyl (C=O) groups excluding carboxylic acids is 1. The van der Waals surface area contributed by atoms with Crippen molar-refractivity contribution in [1.29, 1.82) is 0 Å². The quantitative estimate of drug-likeness (QED) is 0.918. The maximum Gasteiger partial charge on any atom is 0.322 e. The first-order chi connectivity index (χ1) is 11.1. The Hall–Kier alpha value is -2.27. The maximum atomic E-state index is 12.4. The van der Waals surface area contributed by atoms with Gasteiger partial charge in [-0.05, 0) is 36.8 Å². The van der Waals surface area contributed by atoms with Gasteiger partial charge >= 0.3 is 6.03 Å². The van der Waals surface area contributed by atoms with Crippen LogP contribution in [0, 0.1) is 6.92 Å². The number of hydrogen-bond donors (Lipinski definition) is 1. The van der Waals surface area contributed by atoms with E-state index in [-0.39, 0.29) is 6.03 Å². The van der Waals surface area contributed by atoms with Crippen LogP contribution in [0.15, 0.2) is 42.7 Å². The van der Waals surface area contributed by atoms with Crippen molar-refractivity contribution < 1.29 is 4.79 Å². The summed E-state index contributed by atoms with van der Waals surface area (Å²) >= 11 is 6.17. The third-order valence-electron chi connectivity index (χ3n) is 3.96. The molecule has 0 unspecified atom stereocenters. The normalized spacial score (nSPS) is 14.7. The number of nitrogens with one attached hydrogen (secondary N) is 1. The predicted molar refractivity (Wildman–Crippen MR) is 93.2 cm³/mol. The van der Waals surface area contributed by atoms with Crippen molar-refractivity contribution in [2.75, 3.05) is 36.4 Å². The number of amides is 2. The first-order valence-electron chi connectivity index (χ1n) is 7.60. The highest BCUT2D eigenvalue weighted by Gasteiger charge is 2.21. The number of rotatable bonds is 2. The Morgan fingerprint density at radius 2 is 1.83 bits per heavy atom. The third kappa shape index (κ3) is 3.74. The SMILES string of the molecule is Cc1ccc(NC(=O)N2CCN(c3ccncc3)CC2)c(Cl)c1. The highest BCUT2D eigenvalue weighted by Crippen LogP contribution is 2.23. The Kier molecular flexibility index (Phi) is 4.67. The van der Waals surface area contributed by atoms with E-state index in [0.717, 1.165) is 24.3 Å². The number of aromatic nitrogens is 1. The average Bonchev–Trinajstić information content (AvgIpc) is 2.58. The third-order valence-corrected chi connectivity index (χ3v) is 4.27. The van der Waals surface area contributed by atoms with E-state index < -0.39 is 0 Å². The second kappa shape index (κ2) is 6.87. The lowest BCUT2D eigenvalue weighted by atomic mass is 10.2. The largest absolute Gasteiger partial charge is 0.368 e. The van der Waals surface area contributed by atoms with E-state index >= 15 is 0 Å². The molecule has 1 aromatic carbocycles. The van der Waals surface area contributed by atoms with Crippen LogP contribution in [0.5, 0.6) is 0 Å². The molecule has 1 N–H and O–H groups in total. The molecule has 120 valence electrons. The van der Waals surface area contributed by atoms with Gasteiger partial charge in [0.1, 0.15) is 0 Å². The Bertz CT molecular complexity index is 684. The molecule has 0 atom stereocenters. The Balaban J connectivity index is 1.58. The second-order valence-corrected chi connectivity index (χ2v) is 6.00. The minimum Gasteiger partial charge on any atom is -0.368 e. The molecule has 0 aliphatic carbocycles. The Morgan fingerprint density at radius 1 is 1.13 bits per heavy atom. The van der Waals surface area contributed by atoms with E-state index in [9.17, 15) is 4.79 Å². The fourth-order valence-corrected chi connectivity index (χ4v) is 2.92. The van der Waals surface area contributed by atoms with E-state index in [0.29, 0.717) is 23.8 Å². The maximum absolute atomic E-state index is 12.4. The van der Waals surface area contributed by atoms with Gasteiger partial charge in [-0.15, -0.1) is 0 Å². The highest BCUT2D eigenvalue weighted by atomic mass is 35.5. The van der Waals surface area contributed by atoms with Crippen molar-refractivity contribution >= 4 is 29.0 Å². The topological polar surface area (TPSA) is 48.5 Å². The number of pyridine rings is 1. The van der Waals surface area contributed by atoms with Gasteiger partial charge in [-0.3, -0.25) is 4.98 Å². The summed E-state index contributed by atoms with van der Waals surface area (Å²) in [5, 5.41) is 3.45. The molecule has 5 nitrogen and oxygen atoms in total. The van der Waals surface area contributed by atoms with Crippen molar-refractivity contribution in [1.82, 2.24) is 9.88 Å². The van der Waals surface area contributed by atoms with Crippen LogP contribution in [0.2, 0.25) is 5.02 Å². The van der Waals surface area contributed by atoms with Gasteiger partial charge in [-0.1, -0.05) is 17.7 Å². The fourth-order valence-electron chi connectivity index (χ4n) is 2.64. The van der Waals surface area contributed by atoms with Crippen LogP contribution in [-0.2, 0) is 0 Å². The van der Waals surface area contributed by atoms with Crippen molar-refractivity contribution in [2.45, 2.75) is 6.92 Å². The predicted octanol–water partition coefficient (Wildman–Crippen LogP) is 3.40. The zero-order chi connectivity index (χ0) is 16.2. The number of urea groups is 1. The average molecular weight is 331 g/mol. The molecular weight excluding hydrogens is 312 g/mol. The Morgan fingerprint density at radius 3 is 2.48 bits per heavy atom. The molecule has 2 aromatic rings. The van der Waals surface area contributed by atoms with Crippen molar-refractivity contribution in [3.05, 3.63) is 53.3 Å². The first kappa shape index (κ1) is 15.6. The van der Waals surface area contributed by atoms with Gasteiger partial charge in [0.25, 0.3) is 0 Å². The van der Waals surface area contributed by atoms with Crippen LogP contribution in [0.4, 0.5) is 16.2 Å². The van der Waals surface area contributed by atoms with Crippen molar-refractivity contribution in [3.8, 4) is 0 Å². The van der Waals surface area contributed by atoms with Gasteiger partial charge in [-0.2, -0.15) is 0 Å². The minimum atomic E-state index is -0.106. The molecule has 0 radical (unpaired) electrons. The molecule has 0 saturated carbocycles. The summed E-state index contributed by atoms with van der Waals surface area (Å²) in [5.41, 5.74) is 2.86. The van der Waals surface area contributed by atoms with E-state index in [2.05, 4.69) is 15.2 Å². The molecule has 1 fully saturated rings. The van der Waals surface area contributed by atoms with Gasteiger partial charge in [0.05, 0.1) is 10.7 Å². The molecule has 2 heterocycles. The molecule has 23 heavy (non-hydrogen) atoms. The number of piperazine rings is 1. The summed E-state index contributed by atoms with van der Waals surface area (Å²) in [4.78, 5) is 20.5. The molecule has 2 amide bonds. The number of benzene rings is 1. The molecule has 1 aliphatic heterocycles. The number of aryl methyl sites for hydroxylation is 1. The molecule has 0 spiro atoms. The van der Waals surface area contributed by atoms with Gasteiger partial charge in [0, 0.05) is 44.3 Å². The van der Waals surface area contributed by atoms with Gasteiger partial charge in [-0.25, -0.2) is 4.79 Å². The molecule has 1 aliphatic rings. The number of carbonyl (C=O) groups is 1. The lowest BCUT2D eigenvalue weighted by Crippen LogP contribution is -2.50. The van der Waals surface area contributed by atoms with E-state index in [1.54, 1.807) is 12.4 Å². The lowest BCUT2D eigenvalue weighted by Gasteiger charge is -2.36. The summed E-state index contributed by atoms with van der Waals surface area (Å²) in [6.45, 7) is 4.93. The molecule has 0 bridgehead atoms. The number of anilines is 2. The number of halogens is 1. The molecule has 6 heteroatoms. The number of hydrogen-bond acceptors (Lipinski definition) is 3.